The molecule has 2 aromatic rings. The molecule has 2 aliphatic rings. The number of likely N-dealkylation sites (tertiary alicyclic amines) is 1. The van der Waals surface area contributed by atoms with Gasteiger partial charge in [-0.2, -0.15) is 0 Å². The van der Waals surface area contributed by atoms with Crippen LogP contribution in [0.5, 0.6) is 5.75 Å². The van der Waals surface area contributed by atoms with Crippen LogP contribution in [0.15, 0.2) is 24.3 Å². The predicted octanol–water partition coefficient (Wildman–Crippen LogP) is 2.99. The summed E-state index contributed by atoms with van der Waals surface area (Å²) in [6, 6.07) is 5.65. The molecule has 1 saturated heterocycles. The Hall–Kier alpha value is -2.69. The first-order valence-corrected chi connectivity index (χ1v) is 10.3. The number of halogens is 3. The second-order valence-electron chi connectivity index (χ2n) is 8.33. The average molecular weight is 438 g/mol. The topological polar surface area (TPSA) is 76.4 Å². The first-order chi connectivity index (χ1) is 14.7. The normalized spacial score (nSPS) is 22.5. The van der Waals surface area contributed by atoms with Crippen LogP contribution in [0.2, 0.25) is 0 Å². The fourth-order valence-electron chi connectivity index (χ4n) is 4.64. The summed E-state index contributed by atoms with van der Waals surface area (Å²) < 4.78 is 44.3. The number of likely N-dealkylation sites (N-methyl/N-ethyl adjacent to an activating group) is 1. The van der Waals surface area contributed by atoms with Crippen molar-refractivity contribution < 1.29 is 22.7 Å². The minimum Gasteiger partial charge on any atom is -0.405 e. The lowest BCUT2D eigenvalue weighted by molar-refractivity contribution is -0.274. The highest BCUT2D eigenvalue weighted by Crippen LogP contribution is 2.39. The number of alkyl halides is 3. The van der Waals surface area contributed by atoms with E-state index < -0.39 is 23.6 Å². The summed E-state index contributed by atoms with van der Waals surface area (Å²) in [5, 5.41) is 12.5. The minimum atomic E-state index is -4.88. The zero-order valence-corrected chi connectivity index (χ0v) is 17.5. The molecule has 1 saturated carbocycles. The van der Waals surface area contributed by atoms with Crippen LogP contribution in [-0.4, -0.2) is 69.5 Å². The van der Waals surface area contributed by atoms with E-state index in [-0.39, 0.29) is 18.2 Å². The van der Waals surface area contributed by atoms with Crippen LogP contribution < -0.4 is 4.74 Å². The Kier molecular flexibility index (Phi) is 5.63. The van der Waals surface area contributed by atoms with Crippen LogP contribution in [0, 0.1) is 0 Å². The molecule has 0 radical (unpaired) electrons. The van der Waals surface area contributed by atoms with E-state index >= 15 is 0 Å². The zero-order valence-electron chi connectivity index (χ0n) is 17.5. The SMILES string of the molecule is CN(C)C1(c2nnnn2C2CCCC2)CCN(C(=O)c2ccccc2OC(F)(F)F)C1. The number of para-hydroxylation sites is 1. The van der Waals surface area contributed by atoms with Crippen molar-refractivity contribution in [3.05, 3.63) is 35.7 Å². The van der Waals surface area contributed by atoms with E-state index in [0.717, 1.165) is 31.7 Å². The minimum absolute atomic E-state index is 0.121. The van der Waals surface area contributed by atoms with Gasteiger partial charge in [0, 0.05) is 13.1 Å². The summed E-state index contributed by atoms with van der Waals surface area (Å²) in [5.41, 5.74) is -0.744. The monoisotopic (exact) mass is 438 g/mol. The number of amides is 1. The number of aromatic nitrogens is 4. The van der Waals surface area contributed by atoms with Gasteiger partial charge in [-0.05, 0) is 55.9 Å². The lowest BCUT2D eigenvalue weighted by atomic mass is 9.95. The molecule has 0 N–H and O–H groups in total. The van der Waals surface area contributed by atoms with Crippen LogP contribution in [0.3, 0.4) is 0 Å². The Morgan fingerprint density at radius 3 is 2.61 bits per heavy atom. The van der Waals surface area contributed by atoms with Gasteiger partial charge in [-0.1, -0.05) is 25.0 Å². The molecule has 0 spiro atoms. The highest BCUT2D eigenvalue weighted by atomic mass is 19.4. The third-order valence-corrected chi connectivity index (χ3v) is 6.31. The summed E-state index contributed by atoms with van der Waals surface area (Å²) >= 11 is 0. The van der Waals surface area contributed by atoms with Gasteiger partial charge in [0.15, 0.2) is 5.82 Å². The first-order valence-electron chi connectivity index (χ1n) is 10.3. The standard InChI is InChI=1S/C20H25F3N6O2/c1-27(2)19(18-24-25-26-29(18)14-7-3-4-8-14)11-12-28(13-19)17(30)15-9-5-6-10-16(15)31-20(21,22)23/h5-6,9-10,14H,3-4,7-8,11-13H2,1-2H3. The van der Waals surface area contributed by atoms with Gasteiger partial charge in [-0.15, -0.1) is 18.3 Å². The number of benzene rings is 1. The number of ether oxygens (including phenoxy) is 1. The maximum atomic E-state index is 13.2. The molecule has 1 amide bonds. The summed E-state index contributed by atoms with van der Waals surface area (Å²) in [4.78, 5) is 16.7. The van der Waals surface area contributed by atoms with E-state index in [1.54, 1.807) is 4.90 Å². The van der Waals surface area contributed by atoms with Crippen LogP contribution in [0.25, 0.3) is 0 Å². The van der Waals surface area contributed by atoms with E-state index in [1.807, 2.05) is 23.7 Å². The number of rotatable bonds is 5. The molecule has 1 aliphatic carbocycles. The molecule has 31 heavy (non-hydrogen) atoms. The second-order valence-corrected chi connectivity index (χ2v) is 8.33. The molecule has 8 nitrogen and oxygen atoms in total. The molecule has 168 valence electrons. The van der Waals surface area contributed by atoms with E-state index in [0.29, 0.717) is 18.8 Å². The average Bonchev–Trinajstić information content (AvgIpc) is 3.46. The van der Waals surface area contributed by atoms with Crippen LogP contribution in [-0.2, 0) is 5.54 Å². The Balaban J connectivity index is 1.62. The molecule has 11 heteroatoms. The van der Waals surface area contributed by atoms with Gasteiger partial charge < -0.3 is 9.64 Å². The van der Waals surface area contributed by atoms with E-state index in [2.05, 4.69) is 20.3 Å². The van der Waals surface area contributed by atoms with Gasteiger partial charge in [0.05, 0.1) is 11.6 Å². The van der Waals surface area contributed by atoms with Crippen molar-refractivity contribution in [2.24, 2.45) is 0 Å². The Morgan fingerprint density at radius 1 is 1.23 bits per heavy atom. The number of hydrogen-bond donors (Lipinski definition) is 0. The molecule has 1 aromatic carbocycles. The van der Waals surface area contributed by atoms with Crippen molar-refractivity contribution in [1.29, 1.82) is 0 Å². The summed E-state index contributed by atoms with van der Waals surface area (Å²) in [6.07, 6.45) is -0.0446. The van der Waals surface area contributed by atoms with Crippen LogP contribution >= 0.6 is 0 Å². The lowest BCUT2D eigenvalue weighted by Crippen LogP contribution is -2.47. The number of hydrogen-bond acceptors (Lipinski definition) is 6. The molecule has 1 unspecified atom stereocenters. The van der Waals surface area contributed by atoms with E-state index in [1.165, 1.54) is 18.2 Å². The van der Waals surface area contributed by atoms with E-state index in [9.17, 15) is 18.0 Å². The van der Waals surface area contributed by atoms with Gasteiger partial charge in [0.1, 0.15) is 11.3 Å². The quantitative estimate of drug-likeness (QED) is 0.715. The Labute approximate surface area is 177 Å². The molecule has 4 rings (SSSR count). The van der Waals surface area contributed by atoms with Gasteiger partial charge in [-0.3, -0.25) is 9.69 Å². The fourth-order valence-corrected chi connectivity index (χ4v) is 4.64. The number of nitrogens with zero attached hydrogens (tertiary/aromatic N) is 6. The van der Waals surface area contributed by atoms with Gasteiger partial charge >= 0.3 is 6.36 Å². The molecule has 2 fully saturated rings. The third kappa shape index (κ3) is 4.10. The maximum absolute atomic E-state index is 13.2. The summed E-state index contributed by atoms with van der Waals surface area (Å²) in [5.74, 6) is -0.318. The summed E-state index contributed by atoms with van der Waals surface area (Å²) in [7, 11) is 3.81. The number of carbonyl (C=O) groups excluding carboxylic acids is 1. The molecule has 1 atom stereocenters. The molecule has 2 heterocycles. The van der Waals surface area contributed by atoms with Crippen molar-refractivity contribution in [1.82, 2.24) is 30.0 Å². The number of tetrazole rings is 1. The fraction of sp³-hybridized carbons (Fsp3) is 0.600. The van der Waals surface area contributed by atoms with Gasteiger partial charge in [0.2, 0.25) is 0 Å². The lowest BCUT2D eigenvalue weighted by Gasteiger charge is -2.35. The first kappa shape index (κ1) is 21.5. The van der Waals surface area contributed by atoms with Crippen LogP contribution in [0.4, 0.5) is 13.2 Å². The Bertz CT molecular complexity index is 941. The number of carbonyl (C=O) groups is 1. The highest BCUT2D eigenvalue weighted by molar-refractivity contribution is 5.97. The third-order valence-electron chi connectivity index (χ3n) is 6.31. The van der Waals surface area contributed by atoms with Crippen molar-refractivity contribution >= 4 is 5.91 Å². The Morgan fingerprint density at radius 2 is 1.94 bits per heavy atom. The van der Waals surface area contributed by atoms with Crippen molar-refractivity contribution in [3.8, 4) is 5.75 Å². The molecule has 0 bridgehead atoms. The molecular weight excluding hydrogens is 413 g/mol. The van der Waals surface area contributed by atoms with Crippen molar-refractivity contribution in [2.45, 2.75) is 50.0 Å². The maximum Gasteiger partial charge on any atom is 0.573 e. The smallest absolute Gasteiger partial charge is 0.405 e. The summed E-state index contributed by atoms with van der Waals surface area (Å²) in [6.45, 7) is 0.640. The zero-order chi connectivity index (χ0) is 22.2. The largest absolute Gasteiger partial charge is 0.573 e. The van der Waals surface area contributed by atoms with Gasteiger partial charge in [-0.25, -0.2) is 4.68 Å². The highest BCUT2D eigenvalue weighted by Gasteiger charge is 2.48. The van der Waals surface area contributed by atoms with Crippen molar-refractivity contribution in [2.75, 3.05) is 27.2 Å². The molecule has 1 aliphatic heterocycles. The van der Waals surface area contributed by atoms with E-state index in [4.69, 9.17) is 0 Å². The molecule has 1 aromatic heterocycles. The second kappa shape index (κ2) is 8.10. The van der Waals surface area contributed by atoms with Crippen LogP contribution in [0.1, 0.15) is 54.3 Å². The van der Waals surface area contributed by atoms with Gasteiger partial charge in [0.25, 0.3) is 5.91 Å². The predicted molar refractivity (Wildman–Crippen MR) is 104 cm³/mol. The molecular formula is C20H25F3N6O2. The van der Waals surface area contributed by atoms with Crippen molar-refractivity contribution in [3.63, 3.8) is 0 Å².